The molecule has 3 nitrogen and oxygen atoms in total. The van der Waals surface area contributed by atoms with Gasteiger partial charge in [-0.15, -0.1) is 0 Å². The Kier molecular flexibility index (Phi) is 4.02. The Balaban J connectivity index is 2.35. The van der Waals surface area contributed by atoms with E-state index in [4.69, 9.17) is 4.74 Å². The summed E-state index contributed by atoms with van der Waals surface area (Å²) < 4.78 is 5.28. The van der Waals surface area contributed by atoms with Crippen LogP contribution in [0.25, 0.3) is 0 Å². The van der Waals surface area contributed by atoms with Crippen molar-refractivity contribution in [1.29, 1.82) is 0 Å². The third-order valence-electron chi connectivity index (χ3n) is 3.70. The molecular formula is C15H21NO2. The summed E-state index contributed by atoms with van der Waals surface area (Å²) in [6.07, 6.45) is 3.29. The number of rotatable bonds is 4. The van der Waals surface area contributed by atoms with E-state index in [9.17, 15) is 4.79 Å². The topological polar surface area (TPSA) is 38.3 Å². The van der Waals surface area contributed by atoms with Crippen molar-refractivity contribution in [3.63, 3.8) is 0 Å². The van der Waals surface area contributed by atoms with Gasteiger partial charge in [0.25, 0.3) is 0 Å². The van der Waals surface area contributed by atoms with Gasteiger partial charge in [-0.2, -0.15) is 0 Å². The molecule has 0 bridgehead atoms. The maximum Gasteiger partial charge on any atom is 0.135 e. The number of hydrogen-bond acceptors (Lipinski definition) is 3. The minimum atomic E-state index is -0.196. The Morgan fingerprint density at radius 1 is 1.44 bits per heavy atom. The van der Waals surface area contributed by atoms with Crippen molar-refractivity contribution < 1.29 is 9.53 Å². The molecule has 1 saturated carbocycles. The van der Waals surface area contributed by atoms with Crippen LogP contribution in [0.1, 0.15) is 38.2 Å². The van der Waals surface area contributed by atoms with Gasteiger partial charge >= 0.3 is 0 Å². The zero-order chi connectivity index (χ0) is 13.0. The minimum Gasteiger partial charge on any atom is -0.497 e. The summed E-state index contributed by atoms with van der Waals surface area (Å²) in [5.41, 5.74) is 0.968. The van der Waals surface area contributed by atoms with Gasteiger partial charge in [0.05, 0.1) is 12.6 Å². The molecule has 18 heavy (non-hydrogen) atoms. The summed E-state index contributed by atoms with van der Waals surface area (Å²) in [6, 6.07) is 8.06. The number of ketones is 1. The van der Waals surface area contributed by atoms with E-state index in [1.54, 1.807) is 7.11 Å². The Morgan fingerprint density at radius 3 is 2.94 bits per heavy atom. The highest BCUT2D eigenvalue weighted by Gasteiger charge is 2.36. The van der Waals surface area contributed by atoms with Crippen LogP contribution in [-0.2, 0) is 10.3 Å². The van der Waals surface area contributed by atoms with E-state index in [1.165, 1.54) is 0 Å². The fourth-order valence-corrected chi connectivity index (χ4v) is 2.86. The predicted octanol–water partition coefficient (Wildman–Crippen LogP) is 2.64. The molecule has 1 aliphatic rings. The van der Waals surface area contributed by atoms with Crippen molar-refractivity contribution in [1.82, 2.24) is 5.32 Å². The molecule has 1 aromatic carbocycles. The molecule has 0 heterocycles. The number of Topliss-reactive ketones (excluding diaryl/α,β-unsaturated/α-hetero) is 1. The molecule has 1 atom stereocenters. The quantitative estimate of drug-likeness (QED) is 0.889. The van der Waals surface area contributed by atoms with Crippen LogP contribution in [0.4, 0.5) is 0 Å². The summed E-state index contributed by atoms with van der Waals surface area (Å²) in [5, 5.41) is 3.52. The number of carbonyl (C=O) groups is 1. The summed E-state index contributed by atoms with van der Waals surface area (Å²) in [7, 11) is 1.67. The van der Waals surface area contributed by atoms with E-state index in [1.807, 2.05) is 18.2 Å². The maximum atomic E-state index is 11.8. The van der Waals surface area contributed by atoms with E-state index in [0.717, 1.165) is 37.1 Å². The van der Waals surface area contributed by atoms with Crippen molar-refractivity contribution in [3.8, 4) is 5.75 Å². The van der Waals surface area contributed by atoms with E-state index in [0.29, 0.717) is 12.2 Å². The molecule has 1 fully saturated rings. The van der Waals surface area contributed by atoms with Crippen LogP contribution in [0, 0.1) is 0 Å². The monoisotopic (exact) mass is 247 g/mol. The lowest BCUT2D eigenvalue weighted by Gasteiger charge is -2.38. The molecule has 1 aromatic rings. The largest absolute Gasteiger partial charge is 0.497 e. The van der Waals surface area contributed by atoms with Crippen LogP contribution in [0.15, 0.2) is 24.3 Å². The van der Waals surface area contributed by atoms with Crippen LogP contribution < -0.4 is 10.1 Å². The second-order valence-electron chi connectivity index (χ2n) is 4.91. The zero-order valence-electron chi connectivity index (χ0n) is 11.2. The predicted molar refractivity (Wildman–Crippen MR) is 71.8 cm³/mol. The van der Waals surface area contributed by atoms with Gasteiger partial charge in [0.2, 0.25) is 0 Å². The van der Waals surface area contributed by atoms with Gasteiger partial charge in [-0.1, -0.05) is 19.1 Å². The van der Waals surface area contributed by atoms with Gasteiger partial charge in [-0.05, 0) is 37.1 Å². The highest BCUT2D eigenvalue weighted by Crippen LogP contribution is 2.36. The normalized spacial score (nSPS) is 24.0. The molecule has 1 N–H and O–H groups in total. The first-order valence-electron chi connectivity index (χ1n) is 6.61. The van der Waals surface area contributed by atoms with Gasteiger partial charge in [0.15, 0.2) is 0 Å². The Labute approximate surface area is 109 Å². The van der Waals surface area contributed by atoms with E-state index >= 15 is 0 Å². The standard InChI is InChI=1S/C15H21NO2/c1-3-16-15(9-5-7-13(17)11-15)12-6-4-8-14(10-12)18-2/h4,6,8,10,16H,3,5,7,9,11H2,1-2H3. The first-order valence-corrected chi connectivity index (χ1v) is 6.61. The number of nitrogens with one attached hydrogen (secondary N) is 1. The van der Waals surface area contributed by atoms with Crippen LogP contribution in [0.3, 0.4) is 0 Å². The van der Waals surface area contributed by atoms with Crippen molar-refractivity contribution in [2.45, 2.75) is 38.1 Å². The van der Waals surface area contributed by atoms with Crippen LogP contribution in [-0.4, -0.2) is 19.4 Å². The number of methoxy groups -OCH3 is 1. The van der Waals surface area contributed by atoms with Gasteiger partial charge in [-0.3, -0.25) is 4.79 Å². The summed E-state index contributed by atoms with van der Waals surface area (Å²) in [4.78, 5) is 11.8. The fraction of sp³-hybridized carbons (Fsp3) is 0.533. The van der Waals surface area contributed by atoms with Gasteiger partial charge in [0, 0.05) is 12.8 Å². The third-order valence-corrected chi connectivity index (χ3v) is 3.70. The first-order chi connectivity index (χ1) is 8.70. The highest BCUT2D eigenvalue weighted by atomic mass is 16.5. The second kappa shape index (κ2) is 5.53. The SMILES string of the molecule is CCNC1(c2cccc(OC)c2)CCCC(=O)C1. The van der Waals surface area contributed by atoms with Crippen LogP contribution in [0.2, 0.25) is 0 Å². The van der Waals surface area contributed by atoms with Gasteiger partial charge in [0.1, 0.15) is 11.5 Å². The molecule has 0 aliphatic heterocycles. The lowest BCUT2D eigenvalue weighted by atomic mass is 9.76. The maximum absolute atomic E-state index is 11.8. The summed E-state index contributed by atoms with van der Waals surface area (Å²) >= 11 is 0. The lowest BCUT2D eigenvalue weighted by Crippen LogP contribution is -2.46. The number of benzene rings is 1. The smallest absolute Gasteiger partial charge is 0.135 e. The van der Waals surface area contributed by atoms with Crippen molar-refractivity contribution in [3.05, 3.63) is 29.8 Å². The molecule has 1 unspecified atom stereocenters. The van der Waals surface area contributed by atoms with E-state index < -0.39 is 0 Å². The van der Waals surface area contributed by atoms with E-state index in [-0.39, 0.29) is 5.54 Å². The van der Waals surface area contributed by atoms with Crippen molar-refractivity contribution in [2.75, 3.05) is 13.7 Å². The molecule has 2 rings (SSSR count). The number of carbonyl (C=O) groups excluding carboxylic acids is 1. The molecule has 98 valence electrons. The van der Waals surface area contributed by atoms with Crippen LogP contribution in [0.5, 0.6) is 5.75 Å². The Morgan fingerprint density at radius 2 is 2.28 bits per heavy atom. The molecule has 1 aliphatic carbocycles. The van der Waals surface area contributed by atoms with Crippen molar-refractivity contribution >= 4 is 5.78 Å². The molecule has 0 aromatic heterocycles. The third kappa shape index (κ3) is 2.56. The Bertz CT molecular complexity index is 426. The van der Waals surface area contributed by atoms with Gasteiger partial charge < -0.3 is 10.1 Å². The molecule has 0 saturated heterocycles. The number of hydrogen-bond donors (Lipinski definition) is 1. The minimum absolute atomic E-state index is 0.196. The molecular weight excluding hydrogens is 226 g/mol. The molecule has 0 amide bonds. The van der Waals surface area contributed by atoms with Crippen molar-refractivity contribution in [2.24, 2.45) is 0 Å². The summed E-state index contributed by atoms with van der Waals surface area (Å²) in [6.45, 7) is 2.95. The first kappa shape index (κ1) is 13.1. The average molecular weight is 247 g/mol. The summed E-state index contributed by atoms with van der Waals surface area (Å²) in [5.74, 6) is 1.20. The van der Waals surface area contributed by atoms with Gasteiger partial charge in [-0.25, -0.2) is 0 Å². The molecule has 0 spiro atoms. The fourth-order valence-electron chi connectivity index (χ4n) is 2.86. The molecule has 0 radical (unpaired) electrons. The molecule has 3 heteroatoms. The van der Waals surface area contributed by atoms with Crippen LogP contribution >= 0.6 is 0 Å². The number of ether oxygens (including phenoxy) is 1. The zero-order valence-corrected chi connectivity index (χ0v) is 11.2. The average Bonchev–Trinajstić information content (AvgIpc) is 2.39. The van der Waals surface area contributed by atoms with E-state index in [2.05, 4.69) is 18.3 Å². The highest BCUT2D eigenvalue weighted by molar-refractivity contribution is 5.80. The Hall–Kier alpha value is -1.35. The second-order valence-corrected chi connectivity index (χ2v) is 4.91. The lowest BCUT2D eigenvalue weighted by molar-refractivity contribution is -0.122.